The van der Waals surface area contributed by atoms with Gasteiger partial charge in [0.2, 0.25) is 11.8 Å². The number of aliphatic carboxylic acids is 1. The summed E-state index contributed by atoms with van der Waals surface area (Å²) in [5.41, 5.74) is 0.331. The molecule has 0 saturated carbocycles. The van der Waals surface area contributed by atoms with Gasteiger partial charge in [0.25, 0.3) is 0 Å². The van der Waals surface area contributed by atoms with E-state index in [2.05, 4.69) is 15.5 Å². The average molecular weight is 377 g/mol. The lowest BCUT2D eigenvalue weighted by atomic mass is 9.96. The second kappa shape index (κ2) is 8.75. The van der Waals surface area contributed by atoms with Gasteiger partial charge in [0, 0.05) is 18.3 Å². The molecule has 1 amide bonds. The maximum atomic E-state index is 13.1. The minimum absolute atomic E-state index is 0.185. The minimum atomic E-state index is -1.05. The summed E-state index contributed by atoms with van der Waals surface area (Å²) < 4.78 is 18.2. The predicted molar refractivity (Wildman–Crippen MR) is 95.5 cm³/mol. The number of carboxylic acid groups (broad SMARTS) is 1. The molecule has 0 saturated heterocycles. The van der Waals surface area contributed by atoms with Gasteiger partial charge in [-0.3, -0.25) is 9.59 Å². The molecule has 0 fully saturated rings. The van der Waals surface area contributed by atoms with E-state index < -0.39 is 17.8 Å². The third-order valence-electron chi connectivity index (χ3n) is 3.92. The molecule has 8 heteroatoms. The first-order chi connectivity index (χ1) is 12.6. The van der Waals surface area contributed by atoms with E-state index in [4.69, 9.17) is 9.63 Å². The second-order valence-corrected chi connectivity index (χ2v) is 7.38. The van der Waals surface area contributed by atoms with Crippen molar-refractivity contribution in [3.05, 3.63) is 47.4 Å². The fourth-order valence-corrected chi connectivity index (χ4v) is 2.45. The molecule has 2 rings (SSSR count). The van der Waals surface area contributed by atoms with Gasteiger partial charge in [-0.2, -0.15) is 4.98 Å². The number of carbonyl (C=O) groups excluding carboxylic acids is 1. The predicted octanol–water partition coefficient (Wildman–Crippen LogP) is 3.16. The third kappa shape index (κ3) is 6.47. The van der Waals surface area contributed by atoms with Crippen LogP contribution in [0.3, 0.4) is 0 Å². The quantitative estimate of drug-likeness (QED) is 0.732. The molecule has 27 heavy (non-hydrogen) atoms. The normalized spacial score (nSPS) is 12.6. The van der Waals surface area contributed by atoms with Gasteiger partial charge < -0.3 is 14.9 Å². The summed E-state index contributed by atoms with van der Waals surface area (Å²) in [4.78, 5) is 27.6. The molecule has 1 unspecified atom stereocenters. The van der Waals surface area contributed by atoms with E-state index in [1.807, 2.05) is 20.8 Å². The molecule has 1 aromatic heterocycles. The van der Waals surface area contributed by atoms with Crippen molar-refractivity contribution >= 4 is 11.9 Å². The van der Waals surface area contributed by atoms with E-state index in [0.717, 1.165) is 0 Å². The van der Waals surface area contributed by atoms with Crippen LogP contribution < -0.4 is 5.32 Å². The van der Waals surface area contributed by atoms with Crippen LogP contribution in [0.15, 0.2) is 28.8 Å². The largest absolute Gasteiger partial charge is 0.481 e. The van der Waals surface area contributed by atoms with Gasteiger partial charge in [0.1, 0.15) is 5.82 Å². The molecule has 2 aromatic rings. The Morgan fingerprint density at radius 2 is 1.93 bits per heavy atom. The Morgan fingerprint density at radius 3 is 2.48 bits per heavy atom. The molecular formula is C19H24FN3O4. The van der Waals surface area contributed by atoms with E-state index in [1.165, 1.54) is 24.3 Å². The first kappa shape index (κ1) is 20.5. The van der Waals surface area contributed by atoms with Crippen molar-refractivity contribution in [1.82, 2.24) is 15.5 Å². The van der Waals surface area contributed by atoms with Crippen LogP contribution in [0.1, 0.15) is 63.4 Å². The highest BCUT2D eigenvalue weighted by atomic mass is 19.1. The van der Waals surface area contributed by atoms with Crippen LogP contribution in [-0.2, 0) is 21.4 Å². The highest BCUT2D eigenvalue weighted by molar-refractivity contribution is 5.77. The summed E-state index contributed by atoms with van der Waals surface area (Å²) in [6, 6.07) is 4.69. The van der Waals surface area contributed by atoms with Gasteiger partial charge in [-0.15, -0.1) is 0 Å². The molecule has 0 aliphatic carbocycles. The number of halogens is 1. The van der Waals surface area contributed by atoms with Crippen molar-refractivity contribution in [3.8, 4) is 0 Å². The topological polar surface area (TPSA) is 105 Å². The number of amides is 1. The lowest BCUT2D eigenvalue weighted by Gasteiger charge is -2.17. The van der Waals surface area contributed by atoms with Crippen LogP contribution in [0.5, 0.6) is 0 Å². The lowest BCUT2D eigenvalue weighted by Crippen LogP contribution is -2.30. The number of rotatable bonds is 8. The molecule has 1 aromatic carbocycles. The molecule has 0 radical (unpaired) electrons. The summed E-state index contributed by atoms with van der Waals surface area (Å²) >= 11 is 0. The van der Waals surface area contributed by atoms with Crippen LogP contribution in [0.4, 0.5) is 4.39 Å². The molecule has 146 valence electrons. The average Bonchev–Trinajstić information content (AvgIpc) is 3.04. The molecule has 0 aliphatic heterocycles. The number of nitrogens with one attached hydrogen (secondary N) is 1. The SMILES string of the molecule is CC(C)(C)c1noc(CCCC(=O)NC(CC(=O)O)c2ccc(F)cc2)n1. The fourth-order valence-electron chi connectivity index (χ4n) is 2.45. The van der Waals surface area contributed by atoms with E-state index in [1.54, 1.807) is 0 Å². The van der Waals surface area contributed by atoms with Crippen LogP contribution in [0.25, 0.3) is 0 Å². The van der Waals surface area contributed by atoms with Crippen LogP contribution in [-0.4, -0.2) is 27.1 Å². The van der Waals surface area contributed by atoms with Crippen molar-refractivity contribution in [2.75, 3.05) is 0 Å². The summed E-state index contributed by atoms with van der Waals surface area (Å²) in [6.45, 7) is 5.94. The number of carboxylic acids is 1. The Labute approximate surface area is 157 Å². The molecular weight excluding hydrogens is 353 g/mol. The number of carbonyl (C=O) groups is 2. The van der Waals surface area contributed by atoms with Gasteiger partial charge in [-0.1, -0.05) is 38.1 Å². The van der Waals surface area contributed by atoms with E-state index in [0.29, 0.717) is 30.1 Å². The fraction of sp³-hybridized carbons (Fsp3) is 0.474. The first-order valence-electron chi connectivity index (χ1n) is 8.75. The number of hydrogen-bond donors (Lipinski definition) is 2. The van der Waals surface area contributed by atoms with Gasteiger partial charge in [-0.25, -0.2) is 4.39 Å². The first-order valence-corrected chi connectivity index (χ1v) is 8.75. The summed E-state index contributed by atoms with van der Waals surface area (Å²) in [6.07, 6.45) is 0.845. The number of aryl methyl sites for hydroxylation is 1. The summed E-state index contributed by atoms with van der Waals surface area (Å²) in [5, 5.41) is 15.7. The van der Waals surface area contributed by atoms with E-state index in [-0.39, 0.29) is 24.2 Å². The van der Waals surface area contributed by atoms with Crippen molar-refractivity contribution in [2.45, 2.75) is 57.9 Å². The third-order valence-corrected chi connectivity index (χ3v) is 3.92. The molecule has 0 bridgehead atoms. The zero-order valence-corrected chi connectivity index (χ0v) is 15.7. The highest BCUT2D eigenvalue weighted by Crippen LogP contribution is 2.20. The maximum absolute atomic E-state index is 13.1. The van der Waals surface area contributed by atoms with Crippen molar-refractivity contribution < 1.29 is 23.6 Å². The Bertz CT molecular complexity index is 781. The van der Waals surface area contributed by atoms with Crippen LogP contribution >= 0.6 is 0 Å². The van der Waals surface area contributed by atoms with Crippen LogP contribution in [0, 0.1) is 5.82 Å². The summed E-state index contributed by atoms with van der Waals surface area (Å²) in [5.74, 6) is -0.687. The van der Waals surface area contributed by atoms with Gasteiger partial charge in [0.05, 0.1) is 12.5 Å². The van der Waals surface area contributed by atoms with Gasteiger partial charge >= 0.3 is 5.97 Å². The molecule has 0 spiro atoms. The molecule has 2 N–H and O–H groups in total. The zero-order chi connectivity index (χ0) is 20.0. The Hall–Kier alpha value is -2.77. The van der Waals surface area contributed by atoms with E-state index in [9.17, 15) is 14.0 Å². The highest BCUT2D eigenvalue weighted by Gasteiger charge is 2.21. The molecule has 7 nitrogen and oxygen atoms in total. The Morgan fingerprint density at radius 1 is 1.26 bits per heavy atom. The lowest BCUT2D eigenvalue weighted by molar-refractivity contribution is -0.137. The zero-order valence-electron chi connectivity index (χ0n) is 15.7. The molecule has 1 atom stereocenters. The monoisotopic (exact) mass is 377 g/mol. The smallest absolute Gasteiger partial charge is 0.305 e. The van der Waals surface area contributed by atoms with Gasteiger partial charge in [0.15, 0.2) is 5.82 Å². The Kier molecular flexibility index (Phi) is 6.65. The number of aromatic nitrogens is 2. The van der Waals surface area contributed by atoms with E-state index >= 15 is 0 Å². The van der Waals surface area contributed by atoms with Gasteiger partial charge in [-0.05, 0) is 24.1 Å². The molecule has 0 aliphatic rings. The van der Waals surface area contributed by atoms with Crippen LogP contribution in [0.2, 0.25) is 0 Å². The second-order valence-electron chi connectivity index (χ2n) is 7.38. The standard InChI is InChI=1S/C19H24FN3O4/c1-19(2,3)18-22-16(27-23-18)6-4-5-15(24)21-14(11-17(25)26)12-7-9-13(20)10-8-12/h7-10,14H,4-6,11H2,1-3H3,(H,21,24)(H,25,26). The van der Waals surface area contributed by atoms with Crippen molar-refractivity contribution in [2.24, 2.45) is 0 Å². The maximum Gasteiger partial charge on any atom is 0.305 e. The number of benzene rings is 1. The number of nitrogens with zero attached hydrogens (tertiary/aromatic N) is 2. The molecule has 1 heterocycles. The minimum Gasteiger partial charge on any atom is -0.481 e. The van der Waals surface area contributed by atoms with Crippen molar-refractivity contribution in [1.29, 1.82) is 0 Å². The van der Waals surface area contributed by atoms with Crippen molar-refractivity contribution in [3.63, 3.8) is 0 Å². The summed E-state index contributed by atoms with van der Waals surface area (Å²) in [7, 11) is 0. The Balaban J connectivity index is 1.89. The number of hydrogen-bond acceptors (Lipinski definition) is 5.